The van der Waals surface area contributed by atoms with Gasteiger partial charge in [0.05, 0.1) is 11.3 Å². The lowest BCUT2D eigenvalue weighted by molar-refractivity contribution is 0.181. The third-order valence-electron chi connectivity index (χ3n) is 5.21. The summed E-state index contributed by atoms with van der Waals surface area (Å²) in [5.74, 6) is 0.204. The molecule has 1 aliphatic rings. The maximum absolute atomic E-state index is 12.5. The van der Waals surface area contributed by atoms with Gasteiger partial charge in [-0.25, -0.2) is 8.42 Å². The van der Waals surface area contributed by atoms with Gasteiger partial charge in [0, 0.05) is 38.3 Å². The van der Waals surface area contributed by atoms with Crippen molar-refractivity contribution in [1.82, 2.24) is 14.2 Å². The summed E-state index contributed by atoms with van der Waals surface area (Å²) in [6.45, 7) is 8.75. The Hall–Kier alpha value is -1.70. The molecule has 7 heteroatoms. The molecule has 2 heterocycles. The predicted molar refractivity (Wildman–Crippen MR) is 105 cm³/mol. The number of sulfonamides is 1. The van der Waals surface area contributed by atoms with Crippen LogP contribution in [-0.2, 0) is 16.6 Å². The summed E-state index contributed by atoms with van der Waals surface area (Å²) >= 11 is 0. The van der Waals surface area contributed by atoms with Crippen LogP contribution in [0.1, 0.15) is 30.0 Å². The second-order valence-electron chi connectivity index (χ2n) is 7.09. The molecule has 26 heavy (non-hydrogen) atoms. The Morgan fingerprint density at radius 2 is 1.81 bits per heavy atom. The first-order chi connectivity index (χ1) is 12.3. The van der Waals surface area contributed by atoms with Crippen molar-refractivity contribution in [3.8, 4) is 0 Å². The Morgan fingerprint density at radius 1 is 1.12 bits per heavy atom. The van der Waals surface area contributed by atoms with Gasteiger partial charge in [0.2, 0.25) is 10.0 Å². The van der Waals surface area contributed by atoms with Gasteiger partial charge in [-0.3, -0.25) is 9.69 Å². The van der Waals surface area contributed by atoms with Crippen molar-refractivity contribution in [1.29, 1.82) is 0 Å². The molecule has 0 spiro atoms. The quantitative estimate of drug-likeness (QED) is 0.865. The zero-order valence-electron chi connectivity index (χ0n) is 15.7. The molecule has 1 aromatic heterocycles. The van der Waals surface area contributed by atoms with E-state index in [2.05, 4.69) is 16.0 Å². The number of hydrogen-bond acceptors (Lipinski definition) is 4. The average molecular weight is 378 g/mol. The number of aryl methyl sites for hydroxylation is 2. The molecule has 1 saturated heterocycles. The topological polar surface area (TPSA) is 73.5 Å². The van der Waals surface area contributed by atoms with Crippen LogP contribution in [-0.4, -0.2) is 54.5 Å². The van der Waals surface area contributed by atoms with Gasteiger partial charge < -0.3 is 4.98 Å². The second-order valence-corrected chi connectivity index (χ2v) is 9.18. The fourth-order valence-electron chi connectivity index (χ4n) is 3.48. The van der Waals surface area contributed by atoms with Crippen LogP contribution in [0.3, 0.4) is 0 Å². The van der Waals surface area contributed by atoms with E-state index >= 15 is 0 Å². The minimum atomic E-state index is -3.14. The molecular weight excluding hydrogens is 350 g/mol. The molecule has 2 aromatic rings. The average Bonchev–Trinajstić information content (AvgIpc) is 2.60. The normalized spacial score (nSPS) is 17.0. The van der Waals surface area contributed by atoms with Gasteiger partial charge in [0.25, 0.3) is 5.56 Å². The van der Waals surface area contributed by atoms with Gasteiger partial charge >= 0.3 is 0 Å². The number of pyridine rings is 1. The van der Waals surface area contributed by atoms with Crippen molar-refractivity contribution in [3.05, 3.63) is 45.2 Å². The summed E-state index contributed by atoms with van der Waals surface area (Å²) in [5.41, 5.74) is 3.82. The van der Waals surface area contributed by atoms with Crippen LogP contribution in [0.4, 0.5) is 0 Å². The van der Waals surface area contributed by atoms with Crippen LogP contribution < -0.4 is 5.56 Å². The van der Waals surface area contributed by atoms with Crippen molar-refractivity contribution < 1.29 is 8.42 Å². The molecule has 1 aliphatic heterocycles. The van der Waals surface area contributed by atoms with E-state index in [9.17, 15) is 13.2 Å². The van der Waals surface area contributed by atoms with Crippen molar-refractivity contribution in [2.45, 2.75) is 33.7 Å². The first-order valence-corrected chi connectivity index (χ1v) is 10.7. The SMILES string of the molecule is CCCS(=O)(=O)N1CCN(Cc2cc3ccc(C)c(C)c3[nH]c2=O)CC1. The molecule has 0 amide bonds. The lowest BCUT2D eigenvalue weighted by Crippen LogP contribution is -2.49. The van der Waals surface area contributed by atoms with Gasteiger partial charge in [0.1, 0.15) is 0 Å². The van der Waals surface area contributed by atoms with Gasteiger partial charge in [-0.2, -0.15) is 4.31 Å². The van der Waals surface area contributed by atoms with E-state index in [0.29, 0.717) is 39.1 Å². The van der Waals surface area contributed by atoms with Crippen LogP contribution >= 0.6 is 0 Å². The fraction of sp³-hybridized carbons (Fsp3) is 0.526. The first-order valence-electron chi connectivity index (χ1n) is 9.14. The third kappa shape index (κ3) is 3.84. The van der Waals surface area contributed by atoms with Crippen LogP contribution in [0.2, 0.25) is 0 Å². The van der Waals surface area contributed by atoms with Crippen LogP contribution in [0, 0.1) is 13.8 Å². The molecule has 142 valence electrons. The highest BCUT2D eigenvalue weighted by molar-refractivity contribution is 7.89. The van der Waals surface area contributed by atoms with Crippen LogP contribution in [0.15, 0.2) is 23.0 Å². The van der Waals surface area contributed by atoms with E-state index in [1.165, 1.54) is 0 Å². The Bertz CT molecular complexity index is 958. The first kappa shape index (κ1) is 19.1. The maximum Gasteiger partial charge on any atom is 0.252 e. The molecule has 1 aromatic carbocycles. The Morgan fingerprint density at radius 3 is 2.46 bits per heavy atom. The minimum Gasteiger partial charge on any atom is -0.321 e. The number of hydrogen-bond donors (Lipinski definition) is 1. The molecule has 0 aliphatic carbocycles. The lowest BCUT2D eigenvalue weighted by Gasteiger charge is -2.33. The molecule has 1 N–H and O–H groups in total. The fourth-order valence-corrected chi connectivity index (χ4v) is 4.98. The Balaban J connectivity index is 1.74. The largest absolute Gasteiger partial charge is 0.321 e. The van der Waals surface area contributed by atoms with E-state index in [1.807, 2.05) is 32.9 Å². The standard InChI is InChI=1S/C19H27N3O3S/c1-4-11-26(24,25)22-9-7-21(8-10-22)13-17-12-16-6-5-14(2)15(3)18(16)20-19(17)23/h5-6,12H,4,7-11,13H2,1-3H3,(H,20,23). The number of nitrogens with zero attached hydrogens (tertiary/aromatic N) is 2. The van der Waals surface area contributed by atoms with Crippen molar-refractivity contribution >= 4 is 20.9 Å². The number of rotatable bonds is 5. The number of H-pyrrole nitrogens is 1. The molecule has 0 atom stereocenters. The molecule has 0 radical (unpaired) electrons. The molecule has 3 rings (SSSR count). The van der Waals surface area contributed by atoms with E-state index in [1.54, 1.807) is 4.31 Å². The highest BCUT2D eigenvalue weighted by atomic mass is 32.2. The zero-order chi connectivity index (χ0) is 18.9. The second kappa shape index (κ2) is 7.50. The predicted octanol–water partition coefficient (Wildman–Crippen LogP) is 2.00. The minimum absolute atomic E-state index is 0.0627. The van der Waals surface area contributed by atoms with Crippen LogP contribution in [0.5, 0.6) is 0 Å². The molecular formula is C19H27N3O3S. The van der Waals surface area contributed by atoms with Gasteiger partial charge in [-0.1, -0.05) is 19.1 Å². The number of aromatic amines is 1. The summed E-state index contributed by atoms with van der Waals surface area (Å²) < 4.78 is 25.9. The lowest BCUT2D eigenvalue weighted by atomic mass is 10.0. The number of piperazine rings is 1. The van der Waals surface area contributed by atoms with E-state index < -0.39 is 10.0 Å². The Kier molecular flexibility index (Phi) is 5.50. The smallest absolute Gasteiger partial charge is 0.252 e. The summed E-state index contributed by atoms with van der Waals surface area (Å²) in [4.78, 5) is 17.7. The van der Waals surface area contributed by atoms with Crippen molar-refractivity contribution in [2.75, 3.05) is 31.9 Å². The molecule has 0 bridgehead atoms. The maximum atomic E-state index is 12.5. The zero-order valence-corrected chi connectivity index (χ0v) is 16.5. The van der Waals surface area contributed by atoms with Gasteiger partial charge in [-0.15, -0.1) is 0 Å². The molecule has 0 saturated carbocycles. The Labute approximate surface area is 154 Å². The molecule has 0 unspecified atom stereocenters. The van der Waals surface area contributed by atoms with Gasteiger partial charge in [-0.05, 0) is 42.8 Å². The monoisotopic (exact) mass is 377 g/mol. The van der Waals surface area contributed by atoms with E-state index in [0.717, 1.165) is 27.6 Å². The summed E-state index contributed by atoms with van der Waals surface area (Å²) in [5, 5.41) is 1.03. The van der Waals surface area contributed by atoms with Crippen LogP contribution in [0.25, 0.3) is 10.9 Å². The number of nitrogens with one attached hydrogen (secondary N) is 1. The van der Waals surface area contributed by atoms with Gasteiger partial charge in [0.15, 0.2) is 0 Å². The number of benzene rings is 1. The van der Waals surface area contributed by atoms with Crippen molar-refractivity contribution in [3.63, 3.8) is 0 Å². The van der Waals surface area contributed by atoms with E-state index in [-0.39, 0.29) is 11.3 Å². The third-order valence-corrected chi connectivity index (χ3v) is 7.28. The number of fused-ring (bicyclic) bond motifs is 1. The number of aromatic nitrogens is 1. The van der Waals surface area contributed by atoms with E-state index in [4.69, 9.17) is 0 Å². The molecule has 1 fully saturated rings. The summed E-state index contributed by atoms with van der Waals surface area (Å²) in [6, 6.07) is 6.06. The summed E-state index contributed by atoms with van der Waals surface area (Å²) in [7, 11) is -3.14. The molecule has 6 nitrogen and oxygen atoms in total. The highest BCUT2D eigenvalue weighted by Crippen LogP contribution is 2.19. The highest BCUT2D eigenvalue weighted by Gasteiger charge is 2.26. The van der Waals surface area contributed by atoms with Crippen molar-refractivity contribution in [2.24, 2.45) is 0 Å². The summed E-state index contributed by atoms with van der Waals surface area (Å²) in [6.07, 6.45) is 0.633.